The molecule has 23 heavy (non-hydrogen) atoms. The number of aromatic nitrogens is 3. The average Bonchev–Trinajstić information content (AvgIpc) is 2.80. The van der Waals surface area contributed by atoms with E-state index in [4.69, 9.17) is 4.74 Å². The first-order valence-electron chi connectivity index (χ1n) is 7.85. The van der Waals surface area contributed by atoms with Crippen LogP contribution in [0, 0.1) is 0 Å². The normalized spacial score (nSPS) is 15.3. The summed E-state index contributed by atoms with van der Waals surface area (Å²) >= 11 is 0. The quantitative estimate of drug-likeness (QED) is 0.753. The van der Waals surface area contributed by atoms with Crippen LogP contribution in [-0.4, -0.2) is 40.7 Å². The molecule has 7 heteroatoms. The van der Waals surface area contributed by atoms with E-state index >= 15 is 0 Å². The number of nitrogens with zero attached hydrogens (tertiary/aromatic N) is 2. The van der Waals surface area contributed by atoms with Crippen molar-refractivity contribution in [3.8, 4) is 5.75 Å². The van der Waals surface area contributed by atoms with Crippen LogP contribution in [0.5, 0.6) is 5.75 Å². The number of hydrogen-bond acceptors (Lipinski definition) is 6. The number of hydrogen-bond donors (Lipinski definition) is 3. The van der Waals surface area contributed by atoms with Crippen molar-refractivity contribution in [3.63, 3.8) is 0 Å². The Balaban J connectivity index is 1.63. The molecule has 0 aromatic carbocycles. The van der Waals surface area contributed by atoms with E-state index in [0.717, 1.165) is 42.9 Å². The molecule has 122 valence electrons. The van der Waals surface area contributed by atoms with Crippen LogP contribution in [0.3, 0.4) is 0 Å². The van der Waals surface area contributed by atoms with E-state index in [1.54, 1.807) is 12.4 Å². The van der Waals surface area contributed by atoms with Crippen molar-refractivity contribution >= 4 is 5.95 Å². The summed E-state index contributed by atoms with van der Waals surface area (Å²) in [5, 5.41) is 6.42. The predicted molar refractivity (Wildman–Crippen MR) is 88.0 cm³/mol. The second kappa shape index (κ2) is 7.23. The van der Waals surface area contributed by atoms with Gasteiger partial charge < -0.3 is 15.4 Å². The molecule has 0 radical (unpaired) electrons. The Morgan fingerprint density at radius 1 is 1.39 bits per heavy atom. The lowest BCUT2D eigenvalue weighted by molar-refractivity contribution is 0.233. The molecule has 0 spiro atoms. The number of rotatable bonds is 5. The molecule has 1 atom stereocenters. The monoisotopic (exact) mass is 315 g/mol. The first kappa shape index (κ1) is 15.5. The number of aromatic amines is 1. The van der Waals surface area contributed by atoms with Crippen molar-refractivity contribution in [2.75, 3.05) is 25.0 Å². The van der Waals surface area contributed by atoms with E-state index in [1.807, 2.05) is 19.1 Å². The third-order valence-corrected chi connectivity index (χ3v) is 3.72. The van der Waals surface area contributed by atoms with E-state index in [0.29, 0.717) is 12.5 Å². The summed E-state index contributed by atoms with van der Waals surface area (Å²) in [6, 6.07) is 3.69. The lowest BCUT2D eigenvalue weighted by Gasteiger charge is -2.16. The van der Waals surface area contributed by atoms with Crippen molar-refractivity contribution in [3.05, 3.63) is 46.1 Å². The first-order chi connectivity index (χ1) is 11.2. The molecule has 0 saturated carbocycles. The Bertz CT molecular complexity index is 701. The minimum Gasteiger partial charge on any atom is -0.487 e. The van der Waals surface area contributed by atoms with Crippen LogP contribution >= 0.6 is 0 Å². The van der Waals surface area contributed by atoms with E-state index in [1.165, 1.54) is 0 Å². The number of pyridine rings is 1. The van der Waals surface area contributed by atoms with Gasteiger partial charge in [0.15, 0.2) is 0 Å². The van der Waals surface area contributed by atoms with Gasteiger partial charge in [0.25, 0.3) is 5.56 Å². The third-order valence-electron chi connectivity index (χ3n) is 3.72. The Morgan fingerprint density at radius 3 is 3.09 bits per heavy atom. The van der Waals surface area contributed by atoms with Crippen molar-refractivity contribution < 1.29 is 4.74 Å². The van der Waals surface area contributed by atoms with Gasteiger partial charge >= 0.3 is 0 Å². The van der Waals surface area contributed by atoms with Gasteiger partial charge in [0.05, 0.1) is 18.4 Å². The molecular weight excluding hydrogens is 294 g/mol. The second-order valence-corrected chi connectivity index (χ2v) is 5.59. The zero-order valence-electron chi connectivity index (χ0n) is 13.1. The Labute approximate surface area is 134 Å². The van der Waals surface area contributed by atoms with E-state index in [9.17, 15) is 4.79 Å². The first-order valence-corrected chi connectivity index (χ1v) is 7.85. The highest BCUT2D eigenvalue weighted by Gasteiger charge is 2.14. The van der Waals surface area contributed by atoms with Gasteiger partial charge in [-0.05, 0) is 32.0 Å². The SMILES string of the molecule is CC(CNc1nc2c(c(=O)[nH]1)CCNCC2)Oc1cccnc1. The summed E-state index contributed by atoms with van der Waals surface area (Å²) < 4.78 is 5.74. The van der Waals surface area contributed by atoms with Gasteiger partial charge in [0, 0.05) is 24.7 Å². The largest absolute Gasteiger partial charge is 0.487 e. The Kier molecular flexibility index (Phi) is 4.87. The second-order valence-electron chi connectivity index (χ2n) is 5.59. The minimum atomic E-state index is -0.0787. The molecule has 2 aromatic rings. The van der Waals surface area contributed by atoms with Gasteiger partial charge in [-0.1, -0.05) is 0 Å². The molecule has 0 fully saturated rings. The maximum absolute atomic E-state index is 12.2. The smallest absolute Gasteiger partial charge is 0.255 e. The Morgan fingerprint density at radius 2 is 2.26 bits per heavy atom. The van der Waals surface area contributed by atoms with Gasteiger partial charge in [-0.15, -0.1) is 0 Å². The summed E-state index contributed by atoms with van der Waals surface area (Å²) in [7, 11) is 0. The maximum Gasteiger partial charge on any atom is 0.255 e. The number of anilines is 1. The molecule has 3 rings (SSSR count). The van der Waals surface area contributed by atoms with Crippen molar-refractivity contribution in [1.82, 2.24) is 20.3 Å². The molecule has 0 amide bonds. The molecule has 0 bridgehead atoms. The van der Waals surface area contributed by atoms with Crippen molar-refractivity contribution in [2.45, 2.75) is 25.9 Å². The summed E-state index contributed by atoms with van der Waals surface area (Å²) in [6.07, 6.45) is 4.79. The van der Waals surface area contributed by atoms with Crippen LogP contribution in [0.2, 0.25) is 0 Å². The molecule has 0 aliphatic carbocycles. The molecule has 0 saturated heterocycles. The average molecular weight is 315 g/mol. The standard InChI is InChI=1S/C16H21N5O2/c1-11(23-12-3-2-6-18-10-12)9-19-16-20-14-5-8-17-7-4-13(14)15(22)21-16/h2-3,6,10-11,17H,4-5,7-9H2,1H3,(H2,19,20,21,22). The third kappa shape index (κ3) is 4.07. The maximum atomic E-state index is 12.2. The van der Waals surface area contributed by atoms with E-state index in [2.05, 4.69) is 25.6 Å². The minimum absolute atomic E-state index is 0.0537. The van der Waals surface area contributed by atoms with Crippen LogP contribution in [0.1, 0.15) is 18.2 Å². The zero-order valence-corrected chi connectivity index (χ0v) is 13.1. The van der Waals surface area contributed by atoms with Gasteiger partial charge in [0.1, 0.15) is 11.9 Å². The Hall–Kier alpha value is -2.41. The van der Waals surface area contributed by atoms with Gasteiger partial charge in [-0.2, -0.15) is 0 Å². The lowest BCUT2D eigenvalue weighted by Crippen LogP contribution is -2.26. The summed E-state index contributed by atoms with van der Waals surface area (Å²) in [4.78, 5) is 23.5. The van der Waals surface area contributed by atoms with Crippen molar-refractivity contribution in [1.29, 1.82) is 0 Å². The zero-order chi connectivity index (χ0) is 16.1. The van der Waals surface area contributed by atoms with Crippen LogP contribution in [-0.2, 0) is 12.8 Å². The molecule has 3 N–H and O–H groups in total. The molecular formula is C16H21N5O2. The molecule has 1 aliphatic heterocycles. The summed E-state index contributed by atoms with van der Waals surface area (Å²) in [6.45, 7) is 4.16. The fourth-order valence-corrected chi connectivity index (χ4v) is 2.57. The van der Waals surface area contributed by atoms with Crippen LogP contribution < -0.4 is 20.9 Å². The van der Waals surface area contributed by atoms with Gasteiger partial charge in [-0.25, -0.2) is 4.98 Å². The van der Waals surface area contributed by atoms with E-state index in [-0.39, 0.29) is 11.7 Å². The lowest BCUT2D eigenvalue weighted by atomic mass is 10.1. The van der Waals surface area contributed by atoms with Crippen LogP contribution in [0.4, 0.5) is 5.95 Å². The topological polar surface area (TPSA) is 91.9 Å². The highest BCUT2D eigenvalue weighted by Crippen LogP contribution is 2.10. The summed E-state index contributed by atoms with van der Waals surface area (Å²) in [5.74, 6) is 1.22. The highest BCUT2D eigenvalue weighted by atomic mass is 16.5. The predicted octanol–water partition coefficient (Wildman–Crippen LogP) is 0.732. The van der Waals surface area contributed by atoms with Gasteiger partial charge in [-0.3, -0.25) is 14.8 Å². The fourth-order valence-electron chi connectivity index (χ4n) is 2.57. The molecule has 7 nitrogen and oxygen atoms in total. The van der Waals surface area contributed by atoms with Gasteiger partial charge in [0.2, 0.25) is 5.95 Å². The fraction of sp³-hybridized carbons (Fsp3) is 0.438. The number of fused-ring (bicyclic) bond motifs is 1. The molecule has 3 heterocycles. The van der Waals surface area contributed by atoms with Crippen LogP contribution in [0.15, 0.2) is 29.3 Å². The summed E-state index contributed by atoms with van der Waals surface area (Å²) in [5.41, 5.74) is 1.62. The van der Waals surface area contributed by atoms with Crippen LogP contribution in [0.25, 0.3) is 0 Å². The molecule has 2 aromatic heterocycles. The molecule has 1 aliphatic rings. The number of H-pyrrole nitrogens is 1. The number of ether oxygens (including phenoxy) is 1. The molecule has 1 unspecified atom stereocenters. The van der Waals surface area contributed by atoms with Crippen molar-refractivity contribution in [2.24, 2.45) is 0 Å². The number of nitrogens with one attached hydrogen (secondary N) is 3. The van der Waals surface area contributed by atoms with E-state index < -0.39 is 0 Å². The highest BCUT2D eigenvalue weighted by molar-refractivity contribution is 5.31.